The first-order valence-electron chi connectivity index (χ1n) is 9.62. The van der Waals surface area contributed by atoms with Gasteiger partial charge in [0.25, 0.3) is 0 Å². The van der Waals surface area contributed by atoms with E-state index in [0.717, 1.165) is 0 Å². The van der Waals surface area contributed by atoms with Gasteiger partial charge in [-0.15, -0.1) is 0 Å². The van der Waals surface area contributed by atoms with Crippen molar-refractivity contribution in [2.24, 2.45) is 0 Å². The van der Waals surface area contributed by atoms with E-state index in [0.29, 0.717) is 23.7 Å². The molecule has 0 aromatic heterocycles. The molecule has 0 spiro atoms. The van der Waals surface area contributed by atoms with Crippen molar-refractivity contribution in [3.05, 3.63) is 118 Å². The molecule has 122 valence electrons. The molecule has 4 aromatic rings. The van der Waals surface area contributed by atoms with Crippen molar-refractivity contribution in [2.75, 3.05) is 0 Å². The third kappa shape index (κ3) is 1.37. The van der Waals surface area contributed by atoms with Gasteiger partial charge in [-0.2, -0.15) is 0 Å². The topological polar surface area (TPSA) is 0 Å². The van der Waals surface area contributed by atoms with E-state index in [2.05, 4.69) is 84.9 Å². The fourth-order valence-corrected chi connectivity index (χ4v) is 6.28. The largest absolute Gasteiger partial charge is 0.0620 e. The van der Waals surface area contributed by atoms with Gasteiger partial charge in [0.2, 0.25) is 0 Å². The number of fused-ring (bicyclic) bond motifs is 3. The van der Waals surface area contributed by atoms with Crippen LogP contribution < -0.4 is 0 Å². The summed E-state index contributed by atoms with van der Waals surface area (Å²) >= 11 is 0. The van der Waals surface area contributed by atoms with E-state index >= 15 is 0 Å². The summed E-state index contributed by atoms with van der Waals surface area (Å²) in [6.07, 6.45) is 0. The minimum Gasteiger partial charge on any atom is -0.0620 e. The second-order valence-corrected chi connectivity index (χ2v) is 8.05. The Morgan fingerprint density at radius 1 is 0.423 bits per heavy atom. The number of hydrogen-bond donors (Lipinski definition) is 0. The minimum atomic E-state index is 0.510. The summed E-state index contributed by atoms with van der Waals surface area (Å²) in [4.78, 5) is 0. The van der Waals surface area contributed by atoms with Crippen LogP contribution in [0.5, 0.6) is 0 Å². The van der Waals surface area contributed by atoms with Gasteiger partial charge in [-0.25, -0.2) is 0 Å². The van der Waals surface area contributed by atoms with Crippen LogP contribution in [0.25, 0.3) is 10.8 Å². The van der Waals surface area contributed by atoms with E-state index in [9.17, 15) is 0 Å². The lowest BCUT2D eigenvalue weighted by Crippen LogP contribution is -2.43. The average Bonchev–Trinajstić information content (AvgIpc) is 2.70. The van der Waals surface area contributed by atoms with E-state index < -0.39 is 0 Å². The van der Waals surface area contributed by atoms with E-state index in [1.807, 2.05) is 0 Å². The van der Waals surface area contributed by atoms with Gasteiger partial charge in [0.1, 0.15) is 0 Å². The van der Waals surface area contributed by atoms with Crippen molar-refractivity contribution < 1.29 is 0 Å². The van der Waals surface area contributed by atoms with Crippen LogP contribution in [0.2, 0.25) is 0 Å². The molecule has 8 rings (SSSR count). The van der Waals surface area contributed by atoms with Crippen molar-refractivity contribution in [2.45, 2.75) is 23.7 Å². The molecule has 4 aromatic carbocycles. The van der Waals surface area contributed by atoms with Crippen LogP contribution in [-0.4, -0.2) is 0 Å². The van der Waals surface area contributed by atoms with Gasteiger partial charge in [-0.3, -0.25) is 0 Å². The third-order valence-electron chi connectivity index (χ3n) is 7.13. The smallest absolute Gasteiger partial charge is 0.0170 e. The van der Waals surface area contributed by atoms with Gasteiger partial charge in [0.15, 0.2) is 0 Å². The number of hydrogen-bond acceptors (Lipinski definition) is 0. The summed E-state index contributed by atoms with van der Waals surface area (Å²) in [5.41, 5.74) is 9.47. The zero-order chi connectivity index (χ0) is 16.8. The molecule has 0 fully saturated rings. The van der Waals surface area contributed by atoms with Gasteiger partial charge >= 0.3 is 0 Å². The maximum absolute atomic E-state index is 2.41. The Morgan fingerprint density at radius 2 is 0.962 bits per heavy atom. The lowest BCUT2D eigenvalue weighted by molar-refractivity contribution is 0.342. The van der Waals surface area contributed by atoms with Crippen LogP contribution in [0.15, 0.2) is 84.9 Å². The molecular weight excluding hydrogens is 312 g/mol. The lowest BCUT2D eigenvalue weighted by atomic mass is 9.45. The second-order valence-electron chi connectivity index (χ2n) is 8.05. The number of rotatable bonds is 0. The zero-order valence-electron chi connectivity index (χ0n) is 14.4. The normalized spacial score (nSPS) is 26.5. The Hall–Kier alpha value is -2.86. The molecule has 4 aliphatic carbocycles. The van der Waals surface area contributed by atoms with Gasteiger partial charge in [-0.05, 0) is 44.2 Å². The van der Waals surface area contributed by atoms with Crippen molar-refractivity contribution in [1.29, 1.82) is 0 Å². The first kappa shape index (κ1) is 13.4. The van der Waals surface area contributed by atoms with Gasteiger partial charge in [-0.1, -0.05) is 84.9 Å². The Labute approximate surface area is 153 Å². The number of benzene rings is 4. The molecule has 0 heterocycles. The minimum absolute atomic E-state index is 0.510. The monoisotopic (exact) mass is 330 g/mol. The Bertz CT molecular complexity index is 1170. The predicted molar refractivity (Wildman–Crippen MR) is 106 cm³/mol. The second kappa shape index (κ2) is 4.45. The van der Waals surface area contributed by atoms with Crippen molar-refractivity contribution in [1.82, 2.24) is 0 Å². The fraction of sp³-hybridized carbons (Fsp3) is 0.154. The van der Waals surface area contributed by atoms with Gasteiger partial charge in [0, 0.05) is 23.7 Å². The summed E-state index contributed by atoms with van der Waals surface area (Å²) in [7, 11) is 0. The van der Waals surface area contributed by atoms with E-state index in [1.54, 1.807) is 33.4 Å². The summed E-state index contributed by atoms with van der Waals surface area (Å²) in [5.74, 6) is 2.30. The first-order chi connectivity index (χ1) is 12.9. The maximum atomic E-state index is 2.41. The van der Waals surface area contributed by atoms with E-state index in [4.69, 9.17) is 0 Å². The lowest BCUT2D eigenvalue weighted by Gasteiger charge is -2.57. The van der Waals surface area contributed by atoms with Crippen molar-refractivity contribution in [3.63, 3.8) is 0 Å². The molecule has 4 aliphatic rings. The molecule has 0 amide bonds. The quantitative estimate of drug-likeness (QED) is 0.354. The predicted octanol–water partition coefficient (Wildman–Crippen LogP) is 6.31. The van der Waals surface area contributed by atoms with Crippen LogP contribution in [0.4, 0.5) is 0 Å². The molecule has 2 bridgehead atoms. The SMILES string of the molecule is c1ccc2c(c1)C1c3ccccc3C2C2c3c(ccc4ccccc34)C12. The zero-order valence-corrected chi connectivity index (χ0v) is 14.4. The summed E-state index contributed by atoms with van der Waals surface area (Å²) in [6, 6.07) is 32.0. The van der Waals surface area contributed by atoms with Crippen LogP contribution in [0.1, 0.15) is 57.1 Å². The Kier molecular flexibility index (Phi) is 2.29. The van der Waals surface area contributed by atoms with E-state index in [1.165, 1.54) is 10.8 Å². The molecule has 0 saturated heterocycles. The molecule has 0 nitrogen and oxygen atoms in total. The van der Waals surface area contributed by atoms with Crippen LogP contribution in [0, 0.1) is 0 Å². The molecule has 0 heteroatoms. The average molecular weight is 330 g/mol. The Balaban J connectivity index is 1.58. The highest BCUT2D eigenvalue weighted by molar-refractivity contribution is 5.90. The molecule has 26 heavy (non-hydrogen) atoms. The highest BCUT2D eigenvalue weighted by Gasteiger charge is 2.56. The van der Waals surface area contributed by atoms with Gasteiger partial charge < -0.3 is 0 Å². The van der Waals surface area contributed by atoms with Gasteiger partial charge in [0.05, 0.1) is 0 Å². The maximum Gasteiger partial charge on any atom is 0.0170 e. The third-order valence-corrected chi connectivity index (χ3v) is 7.13. The molecule has 0 N–H and O–H groups in total. The van der Waals surface area contributed by atoms with Crippen LogP contribution in [-0.2, 0) is 0 Å². The summed E-state index contributed by atoms with van der Waals surface area (Å²) < 4.78 is 0. The van der Waals surface area contributed by atoms with Crippen molar-refractivity contribution >= 4 is 10.8 Å². The fourth-order valence-electron chi connectivity index (χ4n) is 6.28. The molecular formula is C26H18. The first-order valence-corrected chi connectivity index (χ1v) is 9.62. The highest BCUT2D eigenvalue weighted by atomic mass is 14.6. The summed E-state index contributed by atoms with van der Waals surface area (Å²) in [5, 5.41) is 2.85. The van der Waals surface area contributed by atoms with Crippen molar-refractivity contribution in [3.8, 4) is 0 Å². The van der Waals surface area contributed by atoms with Crippen LogP contribution >= 0.6 is 0 Å². The molecule has 2 unspecified atom stereocenters. The van der Waals surface area contributed by atoms with Crippen LogP contribution in [0.3, 0.4) is 0 Å². The Morgan fingerprint density at radius 3 is 1.62 bits per heavy atom. The molecule has 0 radical (unpaired) electrons. The standard InChI is InChI=1S/C26H18/c1-2-8-16-15(7-1)13-14-21-22(16)26-24-19-11-5-3-9-17(19)23(25(21)26)18-10-4-6-12-20(18)24/h1-14,23-26H. The highest BCUT2D eigenvalue weighted by Crippen LogP contribution is 2.71. The molecule has 0 aliphatic heterocycles. The molecule has 2 atom stereocenters. The van der Waals surface area contributed by atoms with E-state index in [-0.39, 0.29) is 0 Å². The summed E-state index contributed by atoms with van der Waals surface area (Å²) in [6.45, 7) is 0. The molecule has 0 saturated carbocycles.